The number of unbranched alkanes of at least 4 members (excludes halogenated alkanes) is 3. The zero-order chi connectivity index (χ0) is 37.3. The van der Waals surface area contributed by atoms with Crippen molar-refractivity contribution in [1.82, 2.24) is 5.32 Å². The lowest BCUT2D eigenvalue weighted by molar-refractivity contribution is -0.287. The number of aliphatic hydroxyl groups is 5. The van der Waals surface area contributed by atoms with Crippen LogP contribution >= 0.6 is 0 Å². The van der Waals surface area contributed by atoms with Gasteiger partial charge in [0.25, 0.3) is 0 Å². The van der Waals surface area contributed by atoms with Crippen molar-refractivity contribution in [2.75, 3.05) is 33.4 Å². The lowest BCUT2D eigenvalue weighted by atomic mass is 9.87. The van der Waals surface area contributed by atoms with Crippen LogP contribution in [0.2, 0.25) is 0 Å². The second-order valence-electron chi connectivity index (χ2n) is 12.9. The molecule has 1 aliphatic rings. The zero-order valence-electron chi connectivity index (χ0n) is 29.8. The molecule has 13 heteroatoms. The molecule has 1 saturated heterocycles. The highest BCUT2D eigenvalue weighted by Gasteiger charge is 2.49. The predicted octanol–water partition coefficient (Wildman–Crippen LogP) is 2.72. The molecule has 0 aliphatic carbocycles. The predicted molar refractivity (Wildman–Crippen MR) is 189 cm³/mol. The molecular formula is C38H55NO12. The van der Waals surface area contributed by atoms with E-state index in [0.29, 0.717) is 18.4 Å². The molecule has 2 aromatic carbocycles. The molecule has 284 valence electrons. The monoisotopic (exact) mass is 717 g/mol. The van der Waals surface area contributed by atoms with Crippen molar-refractivity contribution < 1.29 is 59.2 Å². The van der Waals surface area contributed by atoms with Crippen molar-refractivity contribution in [3.05, 3.63) is 64.7 Å². The third kappa shape index (κ3) is 13.2. The summed E-state index contributed by atoms with van der Waals surface area (Å²) in [6.07, 6.45) is -2.48. The summed E-state index contributed by atoms with van der Waals surface area (Å²) < 4.78 is 22.5. The van der Waals surface area contributed by atoms with Crippen molar-refractivity contribution >= 4 is 18.0 Å². The number of phenolic OH excluding ortho intramolecular Hbond substituents is 1. The molecule has 7 atom stereocenters. The van der Waals surface area contributed by atoms with Gasteiger partial charge in [0.15, 0.2) is 30.0 Å². The fraction of sp³-hybridized carbons (Fsp3) is 0.579. The summed E-state index contributed by atoms with van der Waals surface area (Å²) in [5.41, 5.74) is 2.28. The van der Waals surface area contributed by atoms with Crippen LogP contribution in [0.25, 0.3) is 6.08 Å². The number of aromatic hydroxyl groups is 1. The first kappa shape index (κ1) is 41.9. The van der Waals surface area contributed by atoms with Gasteiger partial charge in [0.1, 0.15) is 12.2 Å². The number of benzene rings is 2. The van der Waals surface area contributed by atoms with Crippen LogP contribution in [-0.4, -0.2) is 113 Å². The summed E-state index contributed by atoms with van der Waals surface area (Å²) in [5, 5.41) is 64.7. The van der Waals surface area contributed by atoms with Crippen LogP contribution in [-0.2, 0) is 30.2 Å². The average Bonchev–Trinajstić information content (AvgIpc) is 3.10. The van der Waals surface area contributed by atoms with Gasteiger partial charge in [-0.2, -0.15) is 0 Å². The first-order valence-corrected chi connectivity index (χ1v) is 17.7. The molecule has 0 spiro atoms. The summed E-state index contributed by atoms with van der Waals surface area (Å²) in [6, 6.07) is 12.0. The molecule has 7 N–H and O–H groups in total. The minimum Gasteiger partial charge on any atom is -0.504 e. The highest BCUT2D eigenvalue weighted by Crippen LogP contribution is 2.33. The number of aliphatic hydroxyl groups excluding tert-OH is 5. The number of esters is 2. The molecule has 3 rings (SSSR count). The Morgan fingerprint density at radius 3 is 2.49 bits per heavy atom. The standard InChI is InChI=1S/C38H55NO12/c1-4-5-6-7-11-33(44)50-35-34(45)32(23-39-22-24(2)42)49-38(47)36(35)51-37(46)29(19-26-12-13-30(43)31(20-26)48-3)21-28(15-17-41)27-10-8-9-25(18-27)14-16-40/h8-10,12-13,18-20,24,28,32,34-36,38-43,45,47H,4-7,11,14-17,21-23H2,1-3H3/b29-19+/t24-,28-,32-,34-,35+,36+,38+/m0/s1. The number of phenols is 1. The lowest BCUT2D eigenvalue weighted by Crippen LogP contribution is -2.62. The van der Waals surface area contributed by atoms with Crippen LogP contribution in [0, 0.1) is 0 Å². The van der Waals surface area contributed by atoms with E-state index >= 15 is 0 Å². The van der Waals surface area contributed by atoms with E-state index in [0.717, 1.165) is 30.4 Å². The van der Waals surface area contributed by atoms with E-state index in [1.165, 1.54) is 25.3 Å². The molecular weight excluding hydrogens is 662 g/mol. The Balaban J connectivity index is 1.98. The first-order chi connectivity index (χ1) is 24.5. The van der Waals surface area contributed by atoms with Crippen LogP contribution in [0.5, 0.6) is 11.5 Å². The number of nitrogens with one attached hydrogen (secondary N) is 1. The van der Waals surface area contributed by atoms with E-state index in [1.807, 2.05) is 31.2 Å². The molecule has 1 aliphatic heterocycles. The number of hydrogen-bond acceptors (Lipinski definition) is 13. The smallest absolute Gasteiger partial charge is 0.334 e. The largest absolute Gasteiger partial charge is 0.504 e. The van der Waals surface area contributed by atoms with Crippen LogP contribution in [0.1, 0.15) is 81.4 Å². The normalized spacial score (nSPS) is 21.9. The summed E-state index contributed by atoms with van der Waals surface area (Å²) in [6.45, 7) is 3.57. The minimum absolute atomic E-state index is 0.000364. The summed E-state index contributed by atoms with van der Waals surface area (Å²) >= 11 is 0. The second-order valence-corrected chi connectivity index (χ2v) is 12.9. The Morgan fingerprint density at radius 2 is 1.80 bits per heavy atom. The molecule has 0 radical (unpaired) electrons. The van der Waals surface area contributed by atoms with E-state index in [1.54, 1.807) is 13.0 Å². The molecule has 1 fully saturated rings. The van der Waals surface area contributed by atoms with Gasteiger partial charge in [0.05, 0.1) is 13.2 Å². The Hall–Kier alpha value is -3.56. The Kier molecular flexibility index (Phi) is 17.8. The SMILES string of the molecule is CCCCCCC(=O)O[C@@H]1[C@@H](O)[C@H](CNC[C@H](C)O)O[C@@H](O)[C@@H]1OC(=O)/C(=C/c1ccc(O)c(OC)c1)C[C@H](CCO)c1cccc(CCO)c1. The molecule has 0 bridgehead atoms. The number of methoxy groups -OCH3 is 1. The van der Waals surface area contributed by atoms with E-state index < -0.39 is 48.7 Å². The Bertz CT molecular complexity index is 1400. The quantitative estimate of drug-likeness (QED) is 0.0565. The van der Waals surface area contributed by atoms with Crippen molar-refractivity contribution in [1.29, 1.82) is 0 Å². The molecule has 0 amide bonds. The van der Waals surface area contributed by atoms with E-state index in [-0.39, 0.29) is 68.6 Å². The van der Waals surface area contributed by atoms with Crippen molar-refractivity contribution in [2.45, 2.75) is 108 Å². The molecule has 0 unspecified atom stereocenters. The maximum Gasteiger partial charge on any atom is 0.334 e. The lowest BCUT2D eigenvalue weighted by Gasteiger charge is -2.42. The maximum atomic E-state index is 14.1. The molecule has 0 aromatic heterocycles. The average molecular weight is 718 g/mol. The van der Waals surface area contributed by atoms with Crippen LogP contribution < -0.4 is 10.1 Å². The third-order valence-corrected chi connectivity index (χ3v) is 8.74. The number of carbonyl (C=O) groups is 2. The summed E-state index contributed by atoms with van der Waals surface area (Å²) in [7, 11) is 1.39. The molecule has 13 nitrogen and oxygen atoms in total. The topological polar surface area (TPSA) is 204 Å². The second kappa shape index (κ2) is 21.7. The van der Waals surface area contributed by atoms with E-state index in [9.17, 15) is 40.2 Å². The fourth-order valence-electron chi connectivity index (χ4n) is 6.00. The number of ether oxygens (including phenoxy) is 4. The van der Waals surface area contributed by atoms with Crippen molar-refractivity contribution in [3.8, 4) is 11.5 Å². The van der Waals surface area contributed by atoms with Gasteiger partial charge in [-0.15, -0.1) is 0 Å². The number of rotatable bonds is 21. The highest BCUT2D eigenvalue weighted by atomic mass is 16.7. The van der Waals surface area contributed by atoms with Gasteiger partial charge in [-0.1, -0.05) is 56.5 Å². The summed E-state index contributed by atoms with van der Waals surface area (Å²) in [5.74, 6) is -1.85. The van der Waals surface area contributed by atoms with Gasteiger partial charge < -0.3 is 54.9 Å². The van der Waals surface area contributed by atoms with E-state index in [2.05, 4.69) is 5.32 Å². The van der Waals surface area contributed by atoms with Gasteiger partial charge >= 0.3 is 11.9 Å². The molecule has 0 saturated carbocycles. The van der Waals surface area contributed by atoms with Gasteiger partial charge in [-0.3, -0.25) is 4.79 Å². The zero-order valence-corrected chi connectivity index (χ0v) is 29.8. The van der Waals surface area contributed by atoms with Gasteiger partial charge in [-0.05, 0) is 73.4 Å². The molecule has 2 aromatic rings. The number of hydrogen-bond donors (Lipinski definition) is 7. The van der Waals surface area contributed by atoms with Crippen LogP contribution in [0.4, 0.5) is 0 Å². The van der Waals surface area contributed by atoms with Crippen LogP contribution in [0.3, 0.4) is 0 Å². The highest BCUT2D eigenvalue weighted by molar-refractivity contribution is 5.94. The fourth-order valence-corrected chi connectivity index (χ4v) is 6.00. The molecule has 1 heterocycles. The number of carbonyl (C=O) groups excluding carboxylic acids is 2. The Labute approximate surface area is 299 Å². The van der Waals surface area contributed by atoms with Crippen LogP contribution in [0.15, 0.2) is 48.0 Å². The van der Waals surface area contributed by atoms with Gasteiger partial charge in [0.2, 0.25) is 0 Å². The first-order valence-electron chi connectivity index (χ1n) is 17.7. The van der Waals surface area contributed by atoms with Crippen molar-refractivity contribution in [3.63, 3.8) is 0 Å². The molecule has 51 heavy (non-hydrogen) atoms. The maximum absolute atomic E-state index is 14.1. The minimum atomic E-state index is -1.79. The van der Waals surface area contributed by atoms with Crippen molar-refractivity contribution in [2.24, 2.45) is 0 Å². The van der Waals surface area contributed by atoms with E-state index in [4.69, 9.17) is 18.9 Å². The summed E-state index contributed by atoms with van der Waals surface area (Å²) in [4.78, 5) is 27.1. The van der Waals surface area contributed by atoms with Gasteiger partial charge in [-0.25, -0.2) is 4.79 Å². The van der Waals surface area contributed by atoms with Gasteiger partial charge in [0, 0.05) is 38.3 Å². The Morgan fingerprint density at radius 1 is 1.02 bits per heavy atom. The third-order valence-electron chi connectivity index (χ3n) is 8.74.